The molecule has 1 aromatic carbocycles. The molecule has 8 heteroatoms. The van der Waals surface area contributed by atoms with Gasteiger partial charge in [0.25, 0.3) is 11.8 Å². The largest absolute Gasteiger partial charge is 0.398 e. The molecule has 0 unspecified atom stereocenters. The molecular weight excluding hydrogens is 274 g/mol. The zero-order valence-electron chi connectivity index (χ0n) is 11.0. The van der Waals surface area contributed by atoms with E-state index in [9.17, 15) is 9.59 Å². The predicted molar refractivity (Wildman–Crippen MR) is 74.0 cm³/mol. The first-order chi connectivity index (χ1) is 10.1. The van der Waals surface area contributed by atoms with Gasteiger partial charge in [0.2, 0.25) is 0 Å². The first-order valence-electron chi connectivity index (χ1n) is 6.04. The second kappa shape index (κ2) is 4.75. The van der Waals surface area contributed by atoms with Crippen molar-refractivity contribution < 1.29 is 14.4 Å². The van der Waals surface area contributed by atoms with Crippen LogP contribution in [0.25, 0.3) is 5.69 Å². The second-order valence-corrected chi connectivity index (χ2v) is 4.26. The third kappa shape index (κ3) is 1.93. The van der Waals surface area contributed by atoms with Gasteiger partial charge in [0.05, 0.1) is 5.69 Å². The Kier molecular flexibility index (Phi) is 2.90. The summed E-state index contributed by atoms with van der Waals surface area (Å²) < 4.78 is 1.38. The number of carbonyl (C=O) groups is 2. The smallest absolute Gasteiger partial charge is 0.282 e. The Balaban J connectivity index is 2.24. The lowest BCUT2D eigenvalue weighted by molar-refractivity contribution is -0.114. The lowest BCUT2D eigenvalue weighted by Crippen LogP contribution is -2.42. The molecule has 3 N–H and O–H groups in total. The van der Waals surface area contributed by atoms with Crippen molar-refractivity contribution >= 4 is 23.3 Å². The number of nitrogens with two attached hydrogens (primary N) is 1. The molecule has 0 atom stereocenters. The highest BCUT2D eigenvalue weighted by Gasteiger charge is 2.36. The summed E-state index contributed by atoms with van der Waals surface area (Å²) in [6, 6.07) is 9.02. The van der Waals surface area contributed by atoms with Crippen LogP contribution in [0.3, 0.4) is 0 Å². The van der Waals surface area contributed by atoms with Gasteiger partial charge >= 0.3 is 0 Å². The van der Waals surface area contributed by atoms with Gasteiger partial charge in [0.15, 0.2) is 5.71 Å². The number of hydrogen-bond acceptors (Lipinski definition) is 6. The summed E-state index contributed by atoms with van der Waals surface area (Å²) in [5, 5.41) is 9.98. The van der Waals surface area contributed by atoms with Crippen LogP contribution in [0.2, 0.25) is 0 Å². The predicted octanol–water partition coefficient (Wildman–Crippen LogP) is 0.0750. The van der Waals surface area contributed by atoms with Crippen molar-refractivity contribution in [2.24, 2.45) is 5.16 Å². The minimum absolute atomic E-state index is 0.0894. The number of hydrogen-bond donors (Lipinski definition) is 2. The molecule has 0 fully saturated rings. The molecule has 0 spiro atoms. The Hall–Kier alpha value is -3.16. The van der Waals surface area contributed by atoms with E-state index in [-0.39, 0.29) is 22.8 Å². The van der Waals surface area contributed by atoms with Crippen LogP contribution in [0.1, 0.15) is 16.1 Å². The molecule has 0 aliphatic carbocycles. The zero-order chi connectivity index (χ0) is 15.0. The third-order valence-corrected chi connectivity index (χ3v) is 3.00. The van der Waals surface area contributed by atoms with Gasteiger partial charge in [-0.3, -0.25) is 14.9 Å². The Morgan fingerprint density at radius 3 is 2.62 bits per heavy atom. The van der Waals surface area contributed by atoms with E-state index in [1.165, 1.54) is 11.8 Å². The fourth-order valence-corrected chi connectivity index (χ4v) is 2.10. The van der Waals surface area contributed by atoms with Crippen molar-refractivity contribution in [3.8, 4) is 5.69 Å². The molecule has 8 nitrogen and oxygen atoms in total. The first-order valence-corrected chi connectivity index (χ1v) is 6.04. The maximum atomic E-state index is 12.0. The highest BCUT2D eigenvalue weighted by Crippen LogP contribution is 2.24. The summed E-state index contributed by atoms with van der Waals surface area (Å²) >= 11 is 0. The van der Waals surface area contributed by atoms with Crippen molar-refractivity contribution in [3.05, 3.63) is 41.6 Å². The van der Waals surface area contributed by atoms with Gasteiger partial charge in [0, 0.05) is 0 Å². The SMILES string of the molecule is CON=C1C(=O)NC(=O)c2c1nn(-c1ccccc1)c2N. The van der Waals surface area contributed by atoms with Crippen LogP contribution in [0.4, 0.5) is 5.82 Å². The van der Waals surface area contributed by atoms with Crippen molar-refractivity contribution in [3.63, 3.8) is 0 Å². The normalized spacial score (nSPS) is 15.8. The van der Waals surface area contributed by atoms with Gasteiger partial charge < -0.3 is 10.6 Å². The summed E-state index contributed by atoms with van der Waals surface area (Å²) in [6.45, 7) is 0. The van der Waals surface area contributed by atoms with Crippen molar-refractivity contribution in [1.29, 1.82) is 0 Å². The quantitative estimate of drug-likeness (QED) is 0.599. The molecule has 0 saturated carbocycles. The van der Waals surface area contributed by atoms with Gasteiger partial charge in [-0.15, -0.1) is 0 Å². The van der Waals surface area contributed by atoms with Gasteiger partial charge in [-0.1, -0.05) is 23.4 Å². The van der Waals surface area contributed by atoms with E-state index in [0.717, 1.165) is 0 Å². The van der Waals surface area contributed by atoms with Crippen LogP contribution in [-0.2, 0) is 9.63 Å². The number of rotatable bonds is 2. The molecule has 0 radical (unpaired) electrons. The Morgan fingerprint density at radius 2 is 1.95 bits per heavy atom. The monoisotopic (exact) mass is 285 g/mol. The summed E-state index contributed by atoms with van der Waals surface area (Å²) in [6.07, 6.45) is 0. The molecule has 0 saturated heterocycles. The average molecular weight is 285 g/mol. The van der Waals surface area contributed by atoms with Crippen LogP contribution in [0.15, 0.2) is 35.5 Å². The molecule has 21 heavy (non-hydrogen) atoms. The molecular formula is C13H11N5O3. The Labute approximate surface area is 119 Å². The van der Waals surface area contributed by atoms with Crippen LogP contribution in [0.5, 0.6) is 0 Å². The number of aromatic nitrogens is 2. The number of oxime groups is 1. The highest BCUT2D eigenvalue weighted by molar-refractivity contribution is 6.51. The number of benzene rings is 1. The first kappa shape index (κ1) is 12.9. The molecule has 1 aromatic heterocycles. The Morgan fingerprint density at radius 1 is 1.24 bits per heavy atom. The fraction of sp³-hybridized carbons (Fsp3) is 0.0769. The number of fused-ring (bicyclic) bond motifs is 1. The van der Waals surface area contributed by atoms with E-state index in [0.29, 0.717) is 5.69 Å². The van der Waals surface area contributed by atoms with Crippen LogP contribution in [0, 0.1) is 0 Å². The topological polar surface area (TPSA) is 112 Å². The molecule has 1 aliphatic heterocycles. The molecule has 106 valence electrons. The van der Waals surface area contributed by atoms with Gasteiger partial charge in [-0.25, -0.2) is 4.68 Å². The number of carbonyl (C=O) groups excluding carboxylic acids is 2. The number of para-hydroxylation sites is 1. The van der Waals surface area contributed by atoms with Gasteiger partial charge in [-0.05, 0) is 12.1 Å². The maximum absolute atomic E-state index is 12.0. The van der Waals surface area contributed by atoms with Crippen molar-refractivity contribution in [2.45, 2.75) is 0 Å². The van der Waals surface area contributed by atoms with E-state index in [1.807, 2.05) is 18.2 Å². The van der Waals surface area contributed by atoms with Gasteiger partial charge in [-0.2, -0.15) is 5.10 Å². The minimum atomic E-state index is -0.674. The number of imide groups is 1. The molecule has 2 aromatic rings. The summed E-state index contributed by atoms with van der Waals surface area (Å²) in [5.41, 5.74) is 6.77. The summed E-state index contributed by atoms with van der Waals surface area (Å²) in [7, 11) is 1.30. The highest BCUT2D eigenvalue weighted by atomic mass is 16.6. The molecule has 2 amide bonds. The van der Waals surface area contributed by atoms with Crippen molar-refractivity contribution in [2.75, 3.05) is 12.8 Å². The van der Waals surface area contributed by atoms with E-state index < -0.39 is 11.8 Å². The maximum Gasteiger partial charge on any atom is 0.282 e. The summed E-state index contributed by atoms with van der Waals surface area (Å²) in [4.78, 5) is 28.4. The van der Waals surface area contributed by atoms with Crippen LogP contribution >= 0.6 is 0 Å². The number of nitrogens with zero attached hydrogens (tertiary/aromatic N) is 3. The molecule has 1 aliphatic rings. The van der Waals surface area contributed by atoms with E-state index in [4.69, 9.17) is 5.73 Å². The third-order valence-electron chi connectivity index (χ3n) is 3.00. The number of anilines is 1. The minimum Gasteiger partial charge on any atom is -0.398 e. The second-order valence-electron chi connectivity index (χ2n) is 4.26. The fourth-order valence-electron chi connectivity index (χ4n) is 2.10. The van der Waals surface area contributed by atoms with E-state index >= 15 is 0 Å². The Bertz CT molecular complexity index is 764. The van der Waals surface area contributed by atoms with Crippen LogP contribution < -0.4 is 11.1 Å². The number of nitrogen functional groups attached to an aromatic ring is 1. The van der Waals surface area contributed by atoms with E-state index in [1.54, 1.807) is 12.1 Å². The molecule has 3 rings (SSSR count). The zero-order valence-corrected chi connectivity index (χ0v) is 11.0. The lowest BCUT2D eigenvalue weighted by Gasteiger charge is -2.11. The number of nitrogens with one attached hydrogen (secondary N) is 1. The van der Waals surface area contributed by atoms with Gasteiger partial charge in [0.1, 0.15) is 24.2 Å². The van der Waals surface area contributed by atoms with E-state index in [2.05, 4.69) is 20.4 Å². The average Bonchev–Trinajstić information content (AvgIpc) is 2.82. The van der Waals surface area contributed by atoms with Crippen molar-refractivity contribution in [1.82, 2.24) is 15.1 Å². The lowest BCUT2D eigenvalue weighted by atomic mass is 10.1. The summed E-state index contributed by atoms with van der Waals surface area (Å²) in [5.74, 6) is -1.15. The standard InChI is InChI=1S/C13H11N5O3/c1-21-17-10-9-8(12(19)15-13(10)20)11(14)18(16-9)7-5-3-2-4-6-7/h2-6H,14H2,1H3,(H,15,19,20). The molecule has 2 heterocycles. The number of amides is 2. The van der Waals surface area contributed by atoms with Crippen LogP contribution in [-0.4, -0.2) is 34.4 Å². The molecule has 0 bridgehead atoms.